The summed E-state index contributed by atoms with van der Waals surface area (Å²) in [5.41, 5.74) is -0.720. The number of aromatic nitrogens is 1. The molecule has 122 valence electrons. The minimum absolute atomic E-state index is 0.165. The molecule has 2 aliphatic heterocycles. The molecule has 0 radical (unpaired) electrons. The minimum atomic E-state index is -4.10. The van der Waals surface area contributed by atoms with Crippen LogP contribution in [-0.4, -0.2) is 51.4 Å². The SMILES string of the molecule is CC1(C)[C@H](C(=O)O)N2C(=O)/C(=C(\F)c3ccccn3)C2S1(=O)=O. The Kier molecular flexibility index (Phi) is 3.12. The van der Waals surface area contributed by atoms with Crippen molar-refractivity contribution < 1.29 is 27.5 Å². The second kappa shape index (κ2) is 4.60. The fourth-order valence-corrected chi connectivity index (χ4v) is 5.14. The molecule has 3 heterocycles. The average Bonchev–Trinajstić information content (AvgIpc) is 2.62. The number of pyridine rings is 1. The van der Waals surface area contributed by atoms with Gasteiger partial charge in [0.1, 0.15) is 4.75 Å². The van der Waals surface area contributed by atoms with Gasteiger partial charge in [-0.1, -0.05) is 6.07 Å². The first kappa shape index (κ1) is 15.6. The number of aliphatic carboxylic acids is 1. The monoisotopic (exact) mass is 340 g/mol. The van der Waals surface area contributed by atoms with Crippen molar-refractivity contribution in [1.29, 1.82) is 0 Å². The molecule has 2 saturated heterocycles. The summed E-state index contributed by atoms with van der Waals surface area (Å²) in [6.45, 7) is 2.45. The molecule has 1 unspecified atom stereocenters. The summed E-state index contributed by atoms with van der Waals surface area (Å²) < 4.78 is 38.0. The molecule has 0 spiro atoms. The van der Waals surface area contributed by atoms with Crippen LogP contribution < -0.4 is 0 Å². The first-order valence-corrected chi connectivity index (χ1v) is 8.27. The van der Waals surface area contributed by atoms with Crippen LogP contribution in [0.15, 0.2) is 30.0 Å². The van der Waals surface area contributed by atoms with Crippen LogP contribution >= 0.6 is 0 Å². The molecule has 9 heteroatoms. The van der Waals surface area contributed by atoms with Crippen molar-refractivity contribution in [3.63, 3.8) is 0 Å². The van der Waals surface area contributed by atoms with Crippen LogP contribution in [0.3, 0.4) is 0 Å². The quantitative estimate of drug-likeness (QED) is 0.624. The summed E-state index contributed by atoms with van der Waals surface area (Å²) in [4.78, 5) is 28.1. The summed E-state index contributed by atoms with van der Waals surface area (Å²) in [6.07, 6.45) is 1.31. The number of carbonyl (C=O) groups excluding carboxylic acids is 1. The number of halogens is 1. The molecule has 3 rings (SSSR count). The summed E-state index contributed by atoms with van der Waals surface area (Å²) in [6, 6.07) is 2.80. The summed E-state index contributed by atoms with van der Waals surface area (Å²) >= 11 is 0. The number of sulfone groups is 1. The maximum Gasteiger partial charge on any atom is 0.328 e. The fourth-order valence-electron chi connectivity index (χ4n) is 3.01. The molecule has 0 aromatic carbocycles. The van der Waals surface area contributed by atoms with Gasteiger partial charge in [0, 0.05) is 6.20 Å². The Morgan fingerprint density at radius 1 is 1.39 bits per heavy atom. The maximum atomic E-state index is 14.6. The molecular formula is C14H13FN2O5S. The molecule has 23 heavy (non-hydrogen) atoms. The molecule has 2 aliphatic rings. The Bertz CT molecular complexity index is 847. The van der Waals surface area contributed by atoms with Crippen molar-refractivity contribution in [1.82, 2.24) is 9.88 Å². The molecule has 2 atom stereocenters. The van der Waals surface area contributed by atoms with Gasteiger partial charge < -0.3 is 10.0 Å². The second-order valence-electron chi connectivity index (χ2n) is 5.90. The summed E-state index contributed by atoms with van der Waals surface area (Å²) in [5.74, 6) is -3.41. The van der Waals surface area contributed by atoms with E-state index in [0.717, 1.165) is 4.90 Å². The lowest BCUT2D eigenvalue weighted by Gasteiger charge is -2.37. The van der Waals surface area contributed by atoms with E-state index in [1.54, 1.807) is 6.07 Å². The van der Waals surface area contributed by atoms with Crippen LogP contribution in [0.2, 0.25) is 0 Å². The van der Waals surface area contributed by atoms with Crippen molar-refractivity contribution in [2.75, 3.05) is 0 Å². The van der Waals surface area contributed by atoms with Gasteiger partial charge in [-0.3, -0.25) is 9.78 Å². The van der Waals surface area contributed by atoms with Crippen molar-refractivity contribution in [2.45, 2.75) is 30.0 Å². The lowest BCUT2D eigenvalue weighted by molar-refractivity contribution is -0.152. The number of carboxylic acids is 1. The molecule has 1 aromatic heterocycles. The largest absolute Gasteiger partial charge is 0.480 e. The van der Waals surface area contributed by atoms with Gasteiger partial charge in [0.25, 0.3) is 5.91 Å². The van der Waals surface area contributed by atoms with Crippen LogP contribution in [0, 0.1) is 0 Å². The van der Waals surface area contributed by atoms with Crippen LogP contribution in [0.5, 0.6) is 0 Å². The van der Waals surface area contributed by atoms with Gasteiger partial charge >= 0.3 is 5.97 Å². The number of rotatable bonds is 2. The molecule has 0 bridgehead atoms. The summed E-state index contributed by atoms with van der Waals surface area (Å²) in [5, 5.41) is 7.69. The molecule has 7 nitrogen and oxygen atoms in total. The number of hydrogen-bond acceptors (Lipinski definition) is 5. The molecule has 1 amide bonds. The zero-order chi connectivity index (χ0) is 17.2. The van der Waals surface area contributed by atoms with E-state index in [1.807, 2.05) is 0 Å². The van der Waals surface area contributed by atoms with Gasteiger partial charge in [-0.05, 0) is 26.0 Å². The van der Waals surface area contributed by atoms with E-state index in [9.17, 15) is 27.5 Å². The lowest BCUT2D eigenvalue weighted by Crippen LogP contribution is -2.59. The molecule has 1 aromatic rings. The van der Waals surface area contributed by atoms with Gasteiger partial charge in [0.05, 0.1) is 11.3 Å². The van der Waals surface area contributed by atoms with Crippen LogP contribution in [0.1, 0.15) is 19.5 Å². The number of carbonyl (C=O) groups is 2. The first-order chi connectivity index (χ1) is 10.6. The van der Waals surface area contributed by atoms with Gasteiger partial charge in [-0.2, -0.15) is 0 Å². The van der Waals surface area contributed by atoms with Gasteiger partial charge in [0.15, 0.2) is 27.1 Å². The number of hydrogen-bond donors (Lipinski definition) is 1. The number of fused-ring (bicyclic) bond motifs is 1. The predicted molar refractivity (Wildman–Crippen MR) is 77.3 cm³/mol. The van der Waals surface area contributed by atoms with Crippen LogP contribution in [-0.2, 0) is 19.4 Å². The van der Waals surface area contributed by atoms with E-state index in [2.05, 4.69) is 4.98 Å². The third kappa shape index (κ3) is 1.79. The van der Waals surface area contributed by atoms with Crippen LogP contribution in [0.4, 0.5) is 4.39 Å². The highest BCUT2D eigenvalue weighted by Crippen LogP contribution is 2.50. The van der Waals surface area contributed by atoms with E-state index in [0.29, 0.717) is 0 Å². The van der Waals surface area contributed by atoms with Gasteiger partial charge in [-0.15, -0.1) is 0 Å². The maximum absolute atomic E-state index is 14.6. The van der Waals surface area contributed by atoms with E-state index in [1.165, 1.54) is 32.2 Å². The topological polar surface area (TPSA) is 105 Å². The van der Waals surface area contributed by atoms with Crippen molar-refractivity contribution in [2.24, 2.45) is 0 Å². The lowest BCUT2D eigenvalue weighted by atomic mass is 9.95. The minimum Gasteiger partial charge on any atom is -0.480 e. The molecular weight excluding hydrogens is 327 g/mol. The Morgan fingerprint density at radius 3 is 2.57 bits per heavy atom. The van der Waals surface area contributed by atoms with Gasteiger partial charge in [-0.25, -0.2) is 17.6 Å². The molecule has 0 aliphatic carbocycles. The zero-order valence-corrected chi connectivity index (χ0v) is 13.0. The predicted octanol–water partition coefficient (Wildman–Crippen LogP) is 0.591. The first-order valence-electron chi connectivity index (χ1n) is 6.72. The Balaban J connectivity index is 2.18. The number of amides is 1. The Hall–Kier alpha value is -2.29. The third-order valence-corrected chi connectivity index (χ3v) is 7.03. The Labute approximate surface area is 131 Å². The van der Waals surface area contributed by atoms with Crippen molar-refractivity contribution >= 4 is 27.5 Å². The van der Waals surface area contributed by atoms with E-state index < -0.39 is 49.3 Å². The van der Waals surface area contributed by atoms with E-state index in [-0.39, 0.29) is 5.69 Å². The highest BCUT2D eigenvalue weighted by Gasteiger charge is 2.71. The van der Waals surface area contributed by atoms with Crippen molar-refractivity contribution in [3.05, 3.63) is 35.7 Å². The highest BCUT2D eigenvalue weighted by molar-refractivity contribution is 7.94. The average molecular weight is 340 g/mol. The molecule has 0 saturated carbocycles. The Morgan fingerprint density at radius 2 is 2.04 bits per heavy atom. The molecule has 2 fully saturated rings. The second-order valence-corrected chi connectivity index (χ2v) is 8.49. The number of β-lactam (4-membered cyclic amide) rings is 1. The smallest absolute Gasteiger partial charge is 0.328 e. The standard InChI is InChI=1S/C14H13FN2O5S/c1-14(2)10(13(19)20)17-11(18)8(12(17)23(14,21)22)9(15)7-5-3-4-6-16-7/h3-6,10,12H,1-2H3,(H,19,20)/b9-8+/t10-,12?/m0/s1. The highest BCUT2D eigenvalue weighted by atomic mass is 32.2. The third-order valence-electron chi connectivity index (χ3n) is 4.29. The summed E-state index contributed by atoms with van der Waals surface area (Å²) in [7, 11) is -4.10. The van der Waals surface area contributed by atoms with Crippen LogP contribution in [0.25, 0.3) is 5.83 Å². The normalized spacial score (nSPS) is 29.7. The van der Waals surface area contributed by atoms with Gasteiger partial charge in [0.2, 0.25) is 0 Å². The number of carboxylic acid groups (broad SMARTS) is 1. The van der Waals surface area contributed by atoms with Crippen molar-refractivity contribution in [3.8, 4) is 0 Å². The molecule has 1 N–H and O–H groups in total. The van der Waals surface area contributed by atoms with E-state index >= 15 is 0 Å². The van der Waals surface area contributed by atoms with E-state index in [4.69, 9.17) is 0 Å². The number of nitrogens with zero attached hydrogens (tertiary/aromatic N) is 2. The fraction of sp³-hybridized carbons (Fsp3) is 0.357. The zero-order valence-electron chi connectivity index (χ0n) is 12.2.